The summed E-state index contributed by atoms with van der Waals surface area (Å²) in [6.07, 6.45) is 2.43. The third-order valence-corrected chi connectivity index (χ3v) is 6.02. The average Bonchev–Trinajstić information content (AvgIpc) is 3.35. The Balaban J connectivity index is 1.26. The zero-order chi connectivity index (χ0) is 21.4. The average molecular weight is 422 g/mol. The van der Waals surface area contributed by atoms with Gasteiger partial charge in [0, 0.05) is 31.0 Å². The first-order valence-electron chi connectivity index (χ1n) is 10.4. The van der Waals surface area contributed by atoms with Gasteiger partial charge < -0.3 is 10.1 Å². The lowest BCUT2D eigenvalue weighted by Gasteiger charge is -2.18. The Bertz CT molecular complexity index is 1100. The molecule has 7 nitrogen and oxygen atoms in total. The molecule has 2 aliphatic rings. The van der Waals surface area contributed by atoms with Crippen LogP contribution in [0.5, 0.6) is 5.88 Å². The van der Waals surface area contributed by atoms with Crippen LogP contribution in [0.1, 0.15) is 18.4 Å². The molecule has 5 rings (SSSR count). The number of fused-ring (bicyclic) bond motifs is 2. The molecule has 1 aromatic carbocycles. The van der Waals surface area contributed by atoms with Crippen molar-refractivity contribution in [2.75, 3.05) is 19.0 Å². The Kier molecular flexibility index (Phi) is 5.25. The van der Waals surface area contributed by atoms with Gasteiger partial charge in [0.2, 0.25) is 11.8 Å². The number of rotatable bonds is 5. The number of hydrogen-bond acceptors (Lipinski definition) is 6. The van der Waals surface area contributed by atoms with Gasteiger partial charge in [0.1, 0.15) is 11.2 Å². The molecule has 3 heterocycles. The zero-order valence-electron chi connectivity index (χ0n) is 17.1. The van der Waals surface area contributed by atoms with Crippen LogP contribution in [0.3, 0.4) is 0 Å². The molecule has 0 bridgehead atoms. The van der Waals surface area contributed by atoms with Crippen LogP contribution in [0.2, 0.25) is 0 Å². The topological polar surface area (TPSA) is 76.6 Å². The summed E-state index contributed by atoms with van der Waals surface area (Å²) < 4.78 is 19.6. The molecule has 2 aromatic heterocycles. The maximum Gasteiger partial charge on any atom is 0.227 e. The first-order chi connectivity index (χ1) is 15.1. The van der Waals surface area contributed by atoms with Crippen molar-refractivity contribution in [2.24, 2.45) is 11.8 Å². The van der Waals surface area contributed by atoms with E-state index < -0.39 is 5.82 Å². The zero-order valence-corrected chi connectivity index (χ0v) is 17.1. The third-order valence-electron chi connectivity index (χ3n) is 6.02. The number of nitrogens with one attached hydrogen (secondary N) is 1. The molecule has 2 fully saturated rings. The Hall–Kier alpha value is -3.10. The van der Waals surface area contributed by atoms with Crippen LogP contribution >= 0.6 is 0 Å². The van der Waals surface area contributed by atoms with Crippen LogP contribution < -0.4 is 10.1 Å². The summed E-state index contributed by atoms with van der Waals surface area (Å²) in [6.45, 7) is 1.51. The van der Waals surface area contributed by atoms with E-state index in [1.165, 1.54) is 12.7 Å². The molecular weight excluding hydrogens is 399 g/mol. The van der Waals surface area contributed by atoms with Gasteiger partial charge >= 0.3 is 0 Å². The Labute approximate surface area is 179 Å². The lowest BCUT2D eigenvalue weighted by molar-refractivity contribution is -0.155. The molecule has 1 saturated carbocycles. The molecule has 3 atom stereocenters. The largest absolute Gasteiger partial charge is 0.481 e. The standard InChI is InChI=1S/C23H23FN4O3/c1-30-20-8-7-18-22(26-20)21(17(24)11-25-18)27-23(29)15-9-16-13-28(31-19(16)10-15)12-14-5-3-2-4-6-14/h2-8,11,15-16,19H,9-10,12-13H2,1H3,(H,25,27,29)/t15-,16+,19+/m0/s1. The highest BCUT2D eigenvalue weighted by molar-refractivity contribution is 6.00. The number of aromatic nitrogens is 2. The summed E-state index contributed by atoms with van der Waals surface area (Å²) in [5, 5.41) is 4.72. The van der Waals surface area contributed by atoms with E-state index in [2.05, 4.69) is 27.4 Å². The minimum absolute atomic E-state index is 0.0108. The van der Waals surface area contributed by atoms with Gasteiger partial charge in [-0.2, -0.15) is 5.06 Å². The van der Waals surface area contributed by atoms with Gasteiger partial charge in [0.15, 0.2) is 5.82 Å². The summed E-state index contributed by atoms with van der Waals surface area (Å²) in [7, 11) is 1.48. The van der Waals surface area contributed by atoms with Crippen molar-refractivity contribution in [1.29, 1.82) is 0 Å². The number of anilines is 1. The second-order valence-electron chi connectivity index (χ2n) is 8.07. The number of benzene rings is 1. The number of nitrogens with zero attached hydrogens (tertiary/aromatic N) is 3. The van der Waals surface area contributed by atoms with Crippen LogP contribution in [0.25, 0.3) is 11.0 Å². The fourth-order valence-corrected chi connectivity index (χ4v) is 4.49. The number of pyridine rings is 2. The summed E-state index contributed by atoms with van der Waals surface area (Å²) in [5.41, 5.74) is 1.99. The molecule has 160 valence electrons. The van der Waals surface area contributed by atoms with Crippen molar-refractivity contribution in [2.45, 2.75) is 25.5 Å². The first-order valence-corrected chi connectivity index (χ1v) is 10.4. The van der Waals surface area contributed by atoms with E-state index >= 15 is 0 Å². The normalized spacial score (nSPS) is 23.1. The molecule has 0 radical (unpaired) electrons. The van der Waals surface area contributed by atoms with Gasteiger partial charge in [0.05, 0.1) is 24.9 Å². The van der Waals surface area contributed by atoms with E-state index in [1.807, 2.05) is 23.3 Å². The third kappa shape index (κ3) is 3.96. The quantitative estimate of drug-likeness (QED) is 0.678. The maximum atomic E-state index is 14.5. The molecule has 31 heavy (non-hydrogen) atoms. The fourth-order valence-electron chi connectivity index (χ4n) is 4.49. The number of carbonyl (C=O) groups is 1. The lowest BCUT2D eigenvalue weighted by Crippen LogP contribution is -2.25. The van der Waals surface area contributed by atoms with Gasteiger partial charge in [0.25, 0.3) is 0 Å². The van der Waals surface area contributed by atoms with E-state index in [0.29, 0.717) is 24.2 Å². The number of carbonyl (C=O) groups excluding carboxylic acids is 1. The van der Waals surface area contributed by atoms with Crippen molar-refractivity contribution in [1.82, 2.24) is 15.0 Å². The van der Waals surface area contributed by atoms with Gasteiger partial charge in [-0.1, -0.05) is 30.3 Å². The smallest absolute Gasteiger partial charge is 0.227 e. The predicted octanol–water partition coefficient (Wildman–Crippen LogP) is 3.56. The summed E-state index contributed by atoms with van der Waals surface area (Å²) in [5.74, 6) is -0.453. The summed E-state index contributed by atoms with van der Waals surface area (Å²) in [4.78, 5) is 27.3. The van der Waals surface area contributed by atoms with Crippen molar-refractivity contribution < 1.29 is 18.8 Å². The molecule has 1 saturated heterocycles. The van der Waals surface area contributed by atoms with Crippen LogP contribution in [-0.2, 0) is 16.2 Å². The number of ether oxygens (including phenoxy) is 1. The molecule has 3 aromatic rings. The van der Waals surface area contributed by atoms with Crippen LogP contribution in [0, 0.1) is 17.7 Å². The maximum absolute atomic E-state index is 14.5. The highest BCUT2D eigenvalue weighted by Gasteiger charge is 2.44. The predicted molar refractivity (Wildman–Crippen MR) is 113 cm³/mol. The Morgan fingerprint density at radius 3 is 2.87 bits per heavy atom. The monoisotopic (exact) mass is 422 g/mol. The van der Waals surface area contributed by atoms with Crippen LogP contribution in [-0.4, -0.2) is 40.7 Å². The molecule has 1 N–H and O–H groups in total. The van der Waals surface area contributed by atoms with E-state index in [1.54, 1.807) is 12.1 Å². The SMILES string of the molecule is COc1ccc2ncc(F)c(NC(=O)[C@H]3C[C@@H]4CN(Cc5ccccc5)O[C@@H]4C3)c2n1. The number of amides is 1. The molecule has 0 unspecified atom stereocenters. The molecule has 0 spiro atoms. The molecule has 8 heteroatoms. The molecule has 1 aliphatic heterocycles. The summed E-state index contributed by atoms with van der Waals surface area (Å²) >= 11 is 0. The van der Waals surface area contributed by atoms with Crippen molar-refractivity contribution in [3.05, 3.63) is 60.0 Å². The minimum Gasteiger partial charge on any atom is -0.481 e. The highest BCUT2D eigenvalue weighted by atomic mass is 19.1. The number of hydrogen-bond donors (Lipinski definition) is 1. The lowest BCUT2D eigenvalue weighted by atomic mass is 10.0. The van der Waals surface area contributed by atoms with Crippen LogP contribution in [0.4, 0.5) is 10.1 Å². The molecule has 1 aliphatic carbocycles. The molecular formula is C23H23FN4O3. The van der Waals surface area contributed by atoms with Crippen molar-refractivity contribution in [3.63, 3.8) is 0 Å². The van der Waals surface area contributed by atoms with Gasteiger partial charge in [-0.3, -0.25) is 14.6 Å². The summed E-state index contributed by atoms with van der Waals surface area (Å²) in [6, 6.07) is 13.5. The van der Waals surface area contributed by atoms with Gasteiger partial charge in [-0.15, -0.1) is 0 Å². The Morgan fingerprint density at radius 1 is 1.26 bits per heavy atom. The Morgan fingerprint density at radius 2 is 2.10 bits per heavy atom. The van der Waals surface area contributed by atoms with E-state index in [0.717, 1.165) is 19.3 Å². The van der Waals surface area contributed by atoms with E-state index in [4.69, 9.17) is 9.57 Å². The number of hydroxylamine groups is 2. The van der Waals surface area contributed by atoms with Crippen molar-refractivity contribution in [3.8, 4) is 5.88 Å². The van der Waals surface area contributed by atoms with Gasteiger partial charge in [-0.25, -0.2) is 9.37 Å². The van der Waals surface area contributed by atoms with Crippen LogP contribution in [0.15, 0.2) is 48.7 Å². The second kappa shape index (κ2) is 8.20. The second-order valence-corrected chi connectivity index (χ2v) is 8.07. The number of halogens is 1. The van der Waals surface area contributed by atoms with E-state index in [-0.39, 0.29) is 35.1 Å². The highest BCUT2D eigenvalue weighted by Crippen LogP contribution is 2.40. The fraction of sp³-hybridized carbons (Fsp3) is 0.348. The van der Waals surface area contributed by atoms with Gasteiger partial charge in [-0.05, 0) is 24.5 Å². The minimum atomic E-state index is -0.620. The molecule has 1 amide bonds. The number of methoxy groups -OCH3 is 1. The van der Waals surface area contributed by atoms with E-state index in [9.17, 15) is 9.18 Å². The van der Waals surface area contributed by atoms with Crippen molar-refractivity contribution >= 4 is 22.6 Å². The first kappa shape index (κ1) is 19.8.